The van der Waals surface area contributed by atoms with Crippen LogP contribution in [0.25, 0.3) is 0 Å². The maximum Gasteiger partial charge on any atom is 0.307 e. The van der Waals surface area contributed by atoms with Gasteiger partial charge in [0, 0.05) is 25.3 Å². The highest BCUT2D eigenvalue weighted by Gasteiger charge is 2.12. The van der Waals surface area contributed by atoms with Gasteiger partial charge in [-0.3, -0.25) is 4.79 Å². The van der Waals surface area contributed by atoms with E-state index in [4.69, 9.17) is 4.74 Å². The number of carbonyl (C=O) groups is 1. The molecule has 0 fully saturated rings. The van der Waals surface area contributed by atoms with E-state index in [2.05, 4.69) is 28.8 Å². The largest absolute Gasteiger partial charge is 0.466 e. The Kier molecular flexibility index (Phi) is 4.59. The van der Waals surface area contributed by atoms with Crippen LogP contribution in [-0.2, 0) is 22.5 Å². The topological polar surface area (TPSA) is 50.4 Å². The fourth-order valence-corrected chi connectivity index (χ4v) is 2.20. The smallest absolute Gasteiger partial charge is 0.307 e. The second-order valence-corrected chi connectivity index (χ2v) is 4.36. The predicted molar refractivity (Wildman–Crippen MR) is 71.6 cm³/mol. The van der Waals surface area contributed by atoms with Crippen molar-refractivity contribution in [2.24, 2.45) is 0 Å². The minimum absolute atomic E-state index is 0.138. The molecule has 1 aromatic carbocycles. The third-order valence-electron chi connectivity index (χ3n) is 3.06. The molecule has 1 aliphatic rings. The summed E-state index contributed by atoms with van der Waals surface area (Å²) in [4.78, 5) is 11.2. The van der Waals surface area contributed by atoms with Gasteiger partial charge in [0.25, 0.3) is 0 Å². The quantitative estimate of drug-likeness (QED) is 0.594. The van der Waals surface area contributed by atoms with Crippen LogP contribution in [0.15, 0.2) is 18.2 Å². The van der Waals surface area contributed by atoms with Crippen molar-refractivity contribution in [3.05, 3.63) is 29.3 Å². The van der Waals surface area contributed by atoms with Gasteiger partial charge >= 0.3 is 5.97 Å². The first-order valence-corrected chi connectivity index (χ1v) is 6.52. The van der Waals surface area contributed by atoms with Crippen LogP contribution in [0, 0.1) is 0 Å². The van der Waals surface area contributed by atoms with Crippen LogP contribution in [0.2, 0.25) is 0 Å². The molecule has 2 rings (SSSR count). The van der Waals surface area contributed by atoms with Gasteiger partial charge < -0.3 is 15.4 Å². The fraction of sp³-hybridized carbons (Fsp3) is 0.500. The zero-order valence-corrected chi connectivity index (χ0v) is 10.8. The molecule has 1 heterocycles. The molecule has 0 unspecified atom stereocenters. The number of anilines is 1. The number of carbonyl (C=O) groups excluding carboxylic acids is 1. The Labute approximate surface area is 108 Å². The number of benzene rings is 1. The van der Waals surface area contributed by atoms with Gasteiger partial charge in [-0.05, 0) is 24.5 Å². The standard InChI is InChI=1S/C14H20N2O2/c1-2-18-13(17)7-8-15-10-12-5-3-4-11-6-9-16-14(11)12/h3-5,15-16H,2,6-10H2,1H3. The molecule has 2 N–H and O–H groups in total. The SMILES string of the molecule is CCOC(=O)CCNCc1cccc2c1NCC2. The Balaban J connectivity index is 1.77. The molecule has 4 heteroatoms. The summed E-state index contributed by atoms with van der Waals surface area (Å²) in [5.41, 5.74) is 3.93. The predicted octanol–water partition coefficient (Wildman–Crippen LogP) is 1.70. The highest BCUT2D eigenvalue weighted by Crippen LogP contribution is 2.25. The summed E-state index contributed by atoms with van der Waals surface area (Å²) >= 11 is 0. The maximum absolute atomic E-state index is 11.2. The molecule has 98 valence electrons. The zero-order valence-electron chi connectivity index (χ0n) is 10.8. The minimum Gasteiger partial charge on any atom is -0.466 e. The Morgan fingerprint density at radius 1 is 1.50 bits per heavy atom. The van der Waals surface area contributed by atoms with Crippen LogP contribution < -0.4 is 10.6 Å². The molecule has 1 aromatic rings. The number of ether oxygens (including phenoxy) is 1. The molecule has 0 aromatic heterocycles. The minimum atomic E-state index is -0.138. The number of fused-ring (bicyclic) bond motifs is 1. The van der Waals surface area contributed by atoms with Crippen molar-refractivity contribution in [3.63, 3.8) is 0 Å². The van der Waals surface area contributed by atoms with E-state index >= 15 is 0 Å². The normalized spacial score (nSPS) is 12.9. The second-order valence-electron chi connectivity index (χ2n) is 4.36. The summed E-state index contributed by atoms with van der Waals surface area (Å²) in [5, 5.41) is 6.69. The highest BCUT2D eigenvalue weighted by atomic mass is 16.5. The molecule has 0 aliphatic carbocycles. The van der Waals surface area contributed by atoms with Crippen LogP contribution in [-0.4, -0.2) is 25.7 Å². The van der Waals surface area contributed by atoms with Gasteiger partial charge in [0.15, 0.2) is 0 Å². The number of hydrogen-bond donors (Lipinski definition) is 2. The van der Waals surface area contributed by atoms with E-state index in [9.17, 15) is 4.79 Å². The van der Waals surface area contributed by atoms with Gasteiger partial charge in [-0.15, -0.1) is 0 Å². The van der Waals surface area contributed by atoms with E-state index in [0.717, 1.165) is 19.5 Å². The van der Waals surface area contributed by atoms with E-state index in [1.54, 1.807) is 0 Å². The number of esters is 1. The molecule has 0 saturated heterocycles. The van der Waals surface area contributed by atoms with E-state index in [1.165, 1.54) is 16.8 Å². The van der Waals surface area contributed by atoms with Crippen molar-refractivity contribution < 1.29 is 9.53 Å². The van der Waals surface area contributed by atoms with Gasteiger partial charge in [-0.25, -0.2) is 0 Å². The van der Waals surface area contributed by atoms with Gasteiger partial charge in [-0.1, -0.05) is 18.2 Å². The maximum atomic E-state index is 11.2. The highest BCUT2D eigenvalue weighted by molar-refractivity contribution is 5.69. The third-order valence-corrected chi connectivity index (χ3v) is 3.06. The summed E-state index contributed by atoms with van der Waals surface area (Å²) in [5.74, 6) is -0.138. The zero-order chi connectivity index (χ0) is 12.8. The van der Waals surface area contributed by atoms with Gasteiger partial charge in [-0.2, -0.15) is 0 Å². The first-order chi connectivity index (χ1) is 8.81. The Morgan fingerprint density at radius 2 is 2.39 bits per heavy atom. The fourth-order valence-electron chi connectivity index (χ4n) is 2.20. The molecule has 0 spiro atoms. The molecule has 0 bridgehead atoms. The van der Waals surface area contributed by atoms with E-state index in [-0.39, 0.29) is 5.97 Å². The van der Waals surface area contributed by atoms with E-state index in [1.807, 2.05) is 6.92 Å². The molecule has 0 atom stereocenters. The average molecular weight is 248 g/mol. The first-order valence-electron chi connectivity index (χ1n) is 6.52. The summed E-state index contributed by atoms with van der Waals surface area (Å²) in [6.07, 6.45) is 1.53. The van der Waals surface area contributed by atoms with Crippen molar-refractivity contribution in [2.45, 2.75) is 26.3 Å². The lowest BCUT2D eigenvalue weighted by Crippen LogP contribution is -2.19. The lowest BCUT2D eigenvalue weighted by molar-refractivity contribution is -0.142. The molecule has 0 amide bonds. The summed E-state index contributed by atoms with van der Waals surface area (Å²) in [6.45, 7) is 4.74. The van der Waals surface area contributed by atoms with Gasteiger partial charge in [0.05, 0.1) is 13.0 Å². The Morgan fingerprint density at radius 3 is 3.22 bits per heavy atom. The van der Waals surface area contributed by atoms with Crippen molar-refractivity contribution in [2.75, 3.05) is 25.0 Å². The van der Waals surface area contributed by atoms with Crippen LogP contribution in [0.4, 0.5) is 5.69 Å². The molecule has 4 nitrogen and oxygen atoms in total. The van der Waals surface area contributed by atoms with Crippen LogP contribution in [0.3, 0.4) is 0 Å². The van der Waals surface area contributed by atoms with Crippen molar-refractivity contribution in [1.82, 2.24) is 5.32 Å². The Hall–Kier alpha value is -1.55. The molecule has 0 saturated carbocycles. The number of hydrogen-bond acceptors (Lipinski definition) is 4. The number of nitrogens with one attached hydrogen (secondary N) is 2. The summed E-state index contributed by atoms with van der Waals surface area (Å²) in [7, 11) is 0. The van der Waals surface area contributed by atoms with Crippen LogP contribution >= 0.6 is 0 Å². The van der Waals surface area contributed by atoms with Crippen molar-refractivity contribution in [1.29, 1.82) is 0 Å². The van der Waals surface area contributed by atoms with E-state index in [0.29, 0.717) is 19.6 Å². The Bertz CT molecular complexity index is 418. The van der Waals surface area contributed by atoms with E-state index < -0.39 is 0 Å². The molecule has 0 radical (unpaired) electrons. The number of rotatable bonds is 6. The second kappa shape index (κ2) is 6.40. The first kappa shape index (κ1) is 12.9. The van der Waals surface area contributed by atoms with Crippen LogP contribution in [0.1, 0.15) is 24.5 Å². The molecule has 18 heavy (non-hydrogen) atoms. The molecular formula is C14H20N2O2. The van der Waals surface area contributed by atoms with Crippen LogP contribution in [0.5, 0.6) is 0 Å². The lowest BCUT2D eigenvalue weighted by Gasteiger charge is -2.09. The van der Waals surface area contributed by atoms with Gasteiger partial charge in [0.2, 0.25) is 0 Å². The average Bonchev–Trinajstić information content (AvgIpc) is 2.84. The van der Waals surface area contributed by atoms with Crippen molar-refractivity contribution >= 4 is 11.7 Å². The van der Waals surface area contributed by atoms with Gasteiger partial charge in [0.1, 0.15) is 0 Å². The summed E-state index contributed by atoms with van der Waals surface area (Å²) < 4.78 is 4.88. The molecular weight excluding hydrogens is 228 g/mol. The third kappa shape index (κ3) is 3.23. The molecule has 1 aliphatic heterocycles. The monoisotopic (exact) mass is 248 g/mol. The lowest BCUT2D eigenvalue weighted by atomic mass is 10.1. The number of para-hydroxylation sites is 1. The summed E-state index contributed by atoms with van der Waals surface area (Å²) in [6, 6.07) is 6.38. The van der Waals surface area contributed by atoms with Crippen molar-refractivity contribution in [3.8, 4) is 0 Å².